The number of thiocarbonyl (C=S) groups is 1. The van der Waals surface area contributed by atoms with E-state index in [0.29, 0.717) is 12.4 Å². The summed E-state index contributed by atoms with van der Waals surface area (Å²) in [5.41, 5.74) is 5.57. The largest absolute Gasteiger partial charge is 0.488 e. The molecular formula is C11H14FNO2S. The topological polar surface area (TPSA) is 44.5 Å². The molecule has 0 radical (unpaired) electrons. The first kappa shape index (κ1) is 12.9. The molecule has 0 aliphatic heterocycles. The molecule has 0 heterocycles. The summed E-state index contributed by atoms with van der Waals surface area (Å²) in [7, 11) is 1.58. The fraction of sp³-hybridized carbons (Fsp3) is 0.364. The van der Waals surface area contributed by atoms with Crippen molar-refractivity contribution in [2.45, 2.75) is 13.0 Å². The first-order chi connectivity index (χ1) is 7.54. The van der Waals surface area contributed by atoms with Gasteiger partial charge in [-0.3, -0.25) is 0 Å². The smallest absolute Gasteiger partial charge is 0.137 e. The fourth-order valence-corrected chi connectivity index (χ4v) is 1.44. The van der Waals surface area contributed by atoms with Gasteiger partial charge in [0, 0.05) is 18.7 Å². The highest BCUT2D eigenvalue weighted by molar-refractivity contribution is 7.80. The Kier molecular flexibility index (Phi) is 4.64. The van der Waals surface area contributed by atoms with Crippen molar-refractivity contribution in [3.05, 3.63) is 29.6 Å². The van der Waals surface area contributed by atoms with Crippen LogP contribution in [0.1, 0.15) is 12.5 Å². The Morgan fingerprint density at radius 3 is 2.75 bits per heavy atom. The van der Waals surface area contributed by atoms with Crippen LogP contribution in [-0.2, 0) is 4.74 Å². The van der Waals surface area contributed by atoms with Gasteiger partial charge in [-0.25, -0.2) is 4.39 Å². The number of hydrogen-bond acceptors (Lipinski definition) is 3. The van der Waals surface area contributed by atoms with Gasteiger partial charge in [-0.05, 0) is 19.1 Å². The van der Waals surface area contributed by atoms with E-state index in [1.165, 1.54) is 12.1 Å². The first-order valence-electron chi connectivity index (χ1n) is 4.79. The average Bonchev–Trinajstić information content (AvgIpc) is 2.17. The summed E-state index contributed by atoms with van der Waals surface area (Å²) in [6.07, 6.45) is -0.139. The van der Waals surface area contributed by atoms with Crippen LogP contribution in [-0.4, -0.2) is 24.8 Å². The molecule has 1 atom stereocenters. The lowest BCUT2D eigenvalue weighted by Crippen LogP contribution is -2.18. The van der Waals surface area contributed by atoms with Crippen LogP contribution in [0.15, 0.2) is 18.2 Å². The molecule has 0 saturated heterocycles. The third kappa shape index (κ3) is 3.43. The molecule has 5 heteroatoms. The average molecular weight is 243 g/mol. The van der Waals surface area contributed by atoms with Gasteiger partial charge in [-0.15, -0.1) is 0 Å². The molecule has 0 aliphatic carbocycles. The van der Waals surface area contributed by atoms with Gasteiger partial charge in [-0.2, -0.15) is 0 Å². The van der Waals surface area contributed by atoms with Crippen molar-refractivity contribution in [2.24, 2.45) is 5.73 Å². The van der Waals surface area contributed by atoms with Gasteiger partial charge in [-0.1, -0.05) is 12.2 Å². The molecule has 2 N–H and O–H groups in total. The number of methoxy groups -OCH3 is 1. The van der Waals surface area contributed by atoms with Crippen LogP contribution in [0, 0.1) is 5.82 Å². The third-order valence-corrected chi connectivity index (χ3v) is 2.16. The van der Waals surface area contributed by atoms with Crippen molar-refractivity contribution in [1.29, 1.82) is 0 Å². The lowest BCUT2D eigenvalue weighted by Gasteiger charge is -2.14. The SMILES string of the molecule is COCC(C)Oc1ccc(C(N)=S)c(F)c1. The van der Waals surface area contributed by atoms with Crippen molar-refractivity contribution in [3.8, 4) is 5.75 Å². The Balaban J connectivity index is 2.77. The summed E-state index contributed by atoms with van der Waals surface area (Å²) >= 11 is 4.70. The van der Waals surface area contributed by atoms with E-state index in [4.69, 9.17) is 27.4 Å². The van der Waals surface area contributed by atoms with Gasteiger partial charge in [0.25, 0.3) is 0 Å². The lowest BCUT2D eigenvalue weighted by molar-refractivity contribution is 0.0918. The van der Waals surface area contributed by atoms with Gasteiger partial charge in [0.1, 0.15) is 22.7 Å². The van der Waals surface area contributed by atoms with Gasteiger partial charge in [0.15, 0.2) is 0 Å². The normalized spacial score (nSPS) is 12.2. The summed E-state index contributed by atoms with van der Waals surface area (Å²) in [5, 5.41) is 0. The Morgan fingerprint density at radius 1 is 1.56 bits per heavy atom. The van der Waals surface area contributed by atoms with Crippen LogP contribution < -0.4 is 10.5 Å². The second-order valence-electron chi connectivity index (χ2n) is 3.39. The minimum Gasteiger partial charge on any atom is -0.488 e. The van der Waals surface area contributed by atoms with Gasteiger partial charge in [0.2, 0.25) is 0 Å². The molecule has 1 unspecified atom stereocenters. The Morgan fingerprint density at radius 2 is 2.25 bits per heavy atom. The van der Waals surface area contributed by atoms with E-state index in [1.54, 1.807) is 13.2 Å². The molecule has 0 aromatic heterocycles. The minimum absolute atomic E-state index is 0.0361. The maximum absolute atomic E-state index is 13.5. The molecule has 0 spiro atoms. The zero-order chi connectivity index (χ0) is 12.1. The van der Waals surface area contributed by atoms with E-state index in [1.807, 2.05) is 6.92 Å². The molecule has 1 aromatic carbocycles. The molecule has 0 amide bonds. The van der Waals surface area contributed by atoms with Crippen molar-refractivity contribution < 1.29 is 13.9 Å². The predicted molar refractivity (Wildman–Crippen MR) is 64.3 cm³/mol. The number of rotatable bonds is 5. The van der Waals surface area contributed by atoms with Crippen molar-refractivity contribution in [1.82, 2.24) is 0 Å². The van der Waals surface area contributed by atoms with Crippen molar-refractivity contribution in [3.63, 3.8) is 0 Å². The quantitative estimate of drug-likeness (QED) is 0.802. The molecule has 0 aliphatic rings. The van der Waals surface area contributed by atoms with Crippen LogP contribution in [0.5, 0.6) is 5.75 Å². The van der Waals surface area contributed by atoms with E-state index in [9.17, 15) is 4.39 Å². The molecule has 0 fully saturated rings. The summed E-state index contributed by atoms with van der Waals surface area (Å²) in [6, 6.07) is 4.40. The molecule has 1 aromatic rings. The van der Waals surface area contributed by atoms with Gasteiger partial charge >= 0.3 is 0 Å². The fourth-order valence-electron chi connectivity index (χ4n) is 1.27. The van der Waals surface area contributed by atoms with E-state index in [2.05, 4.69) is 0 Å². The standard InChI is InChI=1S/C11H14FNO2S/c1-7(6-14-2)15-8-3-4-9(11(13)16)10(12)5-8/h3-5,7H,6H2,1-2H3,(H2,13,16). The maximum atomic E-state index is 13.5. The Hall–Kier alpha value is -1.20. The lowest BCUT2D eigenvalue weighted by atomic mass is 10.2. The molecule has 0 bridgehead atoms. The van der Waals surface area contributed by atoms with Crippen LogP contribution >= 0.6 is 12.2 Å². The summed E-state index contributed by atoms with van der Waals surface area (Å²) in [4.78, 5) is 0.0361. The molecule has 88 valence electrons. The zero-order valence-electron chi connectivity index (χ0n) is 9.20. The van der Waals surface area contributed by atoms with Gasteiger partial charge in [0.05, 0.1) is 6.61 Å². The number of halogens is 1. The second-order valence-corrected chi connectivity index (χ2v) is 3.83. The van der Waals surface area contributed by atoms with Gasteiger partial charge < -0.3 is 15.2 Å². The number of nitrogens with two attached hydrogens (primary N) is 1. The number of ether oxygens (including phenoxy) is 2. The zero-order valence-corrected chi connectivity index (χ0v) is 10.0. The molecule has 3 nitrogen and oxygen atoms in total. The highest BCUT2D eigenvalue weighted by atomic mass is 32.1. The number of benzene rings is 1. The molecule has 1 rings (SSSR count). The van der Waals surface area contributed by atoms with E-state index in [0.717, 1.165) is 0 Å². The van der Waals surface area contributed by atoms with Crippen LogP contribution in [0.2, 0.25) is 0 Å². The molecule has 0 saturated carbocycles. The number of hydrogen-bond donors (Lipinski definition) is 1. The first-order valence-corrected chi connectivity index (χ1v) is 5.20. The predicted octanol–water partition coefficient (Wildman–Crippen LogP) is 1.87. The Labute approximate surface area is 99.3 Å². The summed E-state index contributed by atoms with van der Waals surface area (Å²) < 4.78 is 23.8. The monoisotopic (exact) mass is 243 g/mol. The summed E-state index contributed by atoms with van der Waals surface area (Å²) in [5.74, 6) is -0.0448. The highest BCUT2D eigenvalue weighted by Crippen LogP contribution is 2.17. The van der Waals surface area contributed by atoms with E-state index < -0.39 is 5.82 Å². The van der Waals surface area contributed by atoms with Crippen LogP contribution in [0.3, 0.4) is 0 Å². The second kappa shape index (κ2) is 5.77. The van der Waals surface area contributed by atoms with Crippen molar-refractivity contribution in [2.75, 3.05) is 13.7 Å². The van der Waals surface area contributed by atoms with Crippen LogP contribution in [0.25, 0.3) is 0 Å². The van der Waals surface area contributed by atoms with E-state index >= 15 is 0 Å². The maximum Gasteiger partial charge on any atom is 0.137 e. The van der Waals surface area contributed by atoms with Crippen molar-refractivity contribution >= 4 is 17.2 Å². The van der Waals surface area contributed by atoms with E-state index in [-0.39, 0.29) is 16.7 Å². The molecular weight excluding hydrogens is 229 g/mol. The Bertz CT molecular complexity index is 384. The van der Waals surface area contributed by atoms with Crippen LogP contribution in [0.4, 0.5) is 4.39 Å². The summed E-state index contributed by atoms with van der Waals surface area (Å²) in [6.45, 7) is 2.28. The molecule has 16 heavy (non-hydrogen) atoms. The minimum atomic E-state index is -0.477. The highest BCUT2D eigenvalue weighted by Gasteiger charge is 2.08. The third-order valence-electron chi connectivity index (χ3n) is 1.94.